The molecule has 0 aliphatic heterocycles. The van der Waals surface area contributed by atoms with Crippen LogP contribution in [0.4, 0.5) is 4.79 Å². The fourth-order valence-corrected chi connectivity index (χ4v) is 1.58. The highest BCUT2D eigenvalue weighted by molar-refractivity contribution is 5.83. The van der Waals surface area contributed by atoms with Crippen molar-refractivity contribution in [2.45, 2.75) is 26.8 Å². The summed E-state index contributed by atoms with van der Waals surface area (Å²) in [5.41, 5.74) is 0. The standard InChI is InChI=1S/C12H23N3O4/c1-7(2)9(11(17)18)14-12(19)15(5)6-8(3)10(16)13-4/h7-9H,6H2,1-5H3,(H,13,16)(H,14,19)(H,17,18)/t8?,9-/m0/s1. The molecule has 0 heterocycles. The molecular formula is C12H23N3O4. The second kappa shape index (κ2) is 7.60. The smallest absolute Gasteiger partial charge is 0.326 e. The summed E-state index contributed by atoms with van der Waals surface area (Å²) in [5.74, 6) is -1.82. The van der Waals surface area contributed by atoms with Crippen LogP contribution in [-0.4, -0.2) is 54.6 Å². The maximum atomic E-state index is 11.8. The van der Waals surface area contributed by atoms with Gasteiger partial charge in [-0.05, 0) is 5.92 Å². The highest BCUT2D eigenvalue weighted by Crippen LogP contribution is 2.04. The number of hydrogen-bond donors (Lipinski definition) is 3. The predicted molar refractivity (Wildman–Crippen MR) is 70.7 cm³/mol. The maximum Gasteiger partial charge on any atom is 0.326 e. The van der Waals surface area contributed by atoms with Crippen molar-refractivity contribution in [2.24, 2.45) is 11.8 Å². The monoisotopic (exact) mass is 273 g/mol. The van der Waals surface area contributed by atoms with E-state index in [0.29, 0.717) is 0 Å². The van der Waals surface area contributed by atoms with Crippen LogP contribution in [0.25, 0.3) is 0 Å². The molecule has 2 atom stereocenters. The Morgan fingerprint density at radius 2 is 1.74 bits per heavy atom. The summed E-state index contributed by atoms with van der Waals surface area (Å²) < 4.78 is 0. The van der Waals surface area contributed by atoms with E-state index in [9.17, 15) is 14.4 Å². The minimum absolute atomic E-state index is 0.168. The van der Waals surface area contributed by atoms with Gasteiger partial charge in [-0.25, -0.2) is 9.59 Å². The Hall–Kier alpha value is -1.79. The summed E-state index contributed by atoms with van der Waals surface area (Å²) in [5, 5.41) is 13.9. The fourth-order valence-electron chi connectivity index (χ4n) is 1.58. The molecule has 0 aromatic rings. The summed E-state index contributed by atoms with van der Waals surface area (Å²) in [7, 11) is 3.05. The van der Waals surface area contributed by atoms with Crippen molar-refractivity contribution in [1.82, 2.24) is 15.5 Å². The number of nitrogens with zero attached hydrogens (tertiary/aromatic N) is 1. The lowest BCUT2D eigenvalue weighted by molar-refractivity contribution is -0.140. The molecule has 0 aromatic carbocycles. The molecule has 0 fully saturated rings. The van der Waals surface area contributed by atoms with Gasteiger partial charge >= 0.3 is 12.0 Å². The molecule has 0 bridgehead atoms. The lowest BCUT2D eigenvalue weighted by Gasteiger charge is -2.25. The van der Waals surface area contributed by atoms with Crippen LogP contribution in [0.1, 0.15) is 20.8 Å². The number of carboxylic acid groups (broad SMARTS) is 1. The summed E-state index contributed by atoms with van der Waals surface area (Å²) in [6, 6.07) is -1.44. The van der Waals surface area contributed by atoms with E-state index in [4.69, 9.17) is 5.11 Å². The molecule has 0 saturated heterocycles. The topological polar surface area (TPSA) is 98.7 Å². The SMILES string of the molecule is CNC(=O)C(C)CN(C)C(=O)N[C@H](C(=O)O)C(C)C. The van der Waals surface area contributed by atoms with E-state index < -0.39 is 18.0 Å². The minimum Gasteiger partial charge on any atom is -0.480 e. The molecule has 0 aliphatic rings. The average Bonchev–Trinajstić information content (AvgIpc) is 2.33. The second-order valence-electron chi connectivity index (χ2n) is 4.91. The van der Waals surface area contributed by atoms with E-state index in [1.807, 2.05) is 0 Å². The number of carbonyl (C=O) groups is 3. The number of aliphatic carboxylic acids is 1. The van der Waals surface area contributed by atoms with E-state index in [1.165, 1.54) is 19.0 Å². The number of urea groups is 1. The molecule has 1 unspecified atom stereocenters. The first-order chi connectivity index (χ1) is 8.70. The van der Waals surface area contributed by atoms with Crippen molar-refractivity contribution >= 4 is 17.9 Å². The van der Waals surface area contributed by atoms with Gasteiger partial charge in [0.05, 0.1) is 5.92 Å². The zero-order valence-corrected chi connectivity index (χ0v) is 12.1. The van der Waals surface area contributed by atoms with E-state index in [2.05, 4.69) is 10.6 Å². The van der Waals surface area contributed by atoms with E-state index in [1.54, 1.807) is 20.8 Å². The number of carbonyl (C=O) groups excluding carboxylic acids is 2. The van der Waals surface area contributed by atoms with E-state index in [0.717, 1.165) is 0 Å². The molecule has 19 heavy (non-hydrogen) atoms. The zero-order valence-electron chi connectivity index (χ0n) is 12.1. The molecular weight excluding hydrogens is 250 g/mol. The zero-order chi connectivity index (χ0) is 15.2. The first-order valence-corrected chi connectivity index (χ1v) is 6.16. The van der Waals surface area contributed by atoms with Gasteiger partial charge in [-0.3, -0.25) is 4.79 Å². The number of hydrogen-bond acceptors (Lipinski definition) is 3. The van der Waals surface area contributed by atoms with Gasteiger partial charge in [-0.2, -0.15) is 0 Å². The molecule has 7 nitrogen and oxygen atoms in total. The summed E-state index contributed by atoms with van der Waals surface area (Å²) in [6.45, 7) is 5.34. The predicted octanol–water partition coefficient (Wildman–Crippen LogP) is 0.119. The average molecular weight is 273 g/mol. The Morgan fingerprint density at radius 3 is 2.11 bits per heavy atom. The summed E-state index contributed by atoms with van der Waals surface area (Å²) in [6.07, 6.45) is 0. The van der Waals surface area contributed by atoms with Gasteiger partial charge in [-0.15, -0.1) is 0 Å². The maximum absolute atomic E-state index is 11.8. The molecule has 0 rings (SSSR count). The number of nitrogens with one attached hydrogen (secondary N) is 2. The van der Waals surface area contributed by atoms with Crippen LogP contribution in [-0.2, 0) is 9.59 Å². The van der Waals surface area contributed by atoms with Gasteiger partial charge in [0.1, 0.15) is 6.04 Å². The first-order valence-electron chi connectivity index (χ1n) is 6.16. The normalized spacial score (nSPS) is 13.6. The summed E-state index contributed by atoms with van der Waals surface area (Å²) in [4.78, 5) is 35.5. The highest BCUT2D eigenvalue weighted by Gasteiger charge is 2.25. The van der Waals surface area contributed by atoms with Crippen LogP contribution in [0, 0.1) is 11.8 Å². The van der Waals surface area contributed by atoms with Crippen molar-refractivity contribution in [3.8, 4) is 0 Å². The van der Waals surface area contributed by atoms with Crippen LogP contribution >= 0.6 is 0 Å². The Kier molecular flexibility index (Phi) is 6.89. The Bertz CT molecular complexity index is 344. The molecule has 0 aliphatic carbocycles. The highest BCUT2D eigenvalue weighted by atomic mass is 16.4. The third-order valence-corrected chi connectivity index (χ3v) is 2.80. The Morgan fingerprint density at radius 1 is 1.21 bits per heavy atom. The van der Waals surface area contributed by atoms with Crippen LogP contribution < -0.4 is 10.6 Å². The largest absolute Gasteiger partial charge is 0.480 e. The summed E-state index contributed by atoms with van der Waals surface area (Å²) >= 11 is 0. The minimum atomic E-state index is -1.07. The van der Waals surface area contributed by atoms with Crippen LogP contribution in [0.2, 0.25) is 0 Å². The van der Waals surface area contributed by atoms with Gasteiger partial charge in [0.2, 0.25) is 5.91 Å². The van der Waals surface area contributed by atoms with Gasteiger partial charge in [0, 0.05) is 20.6 Å². The number of carboxylic acids is 1. The molecule has 3 N–H and O–H groups in total. The van der Waals surface area contributed by atoms with Gasteiger partial charge < -0.3 is 20.6 Å². The lowest BCUT2D eigenvalue weighted by Crippen LogP contribution is -2.50. The van der Waals surface area contributed by atoms with E-state index in [-0.39, 0.29) is 24.3 Å². The molecule has 3 amide bonds. The molecule has 110 valence electrons. The fraction of sp³-hybridized carbons (Fsp3) is 0.750. The molecule has 0 aromatic heterocycles. The lowest BCUT2D eigenvalue weighted by atomic mass is 10.1. The van der Waals surface area contributed by atoms with Crippen molar-refractivity contribution in [2.75, 3.05) is 20.6 Å². The van der Waals surface area contributed by atoms with Crippen molar-refractivity contribution in [3.63, 3.8) is 0 Å². The third kappa shape index (κ3) is 5.58. The van der Waals surface area contributed by atoms with Gasteiger partial charge in [-0.1, -0.05) is 20.8 Å². The van der Waals surface area contributed by atoms with Crippen molar-refractivity contribution in [1.29, 1.82) is 0 Å². The quantitative estimate of drug-likeness (QED) is 0.640. The molecule has 7 heteroatoms. The van der Waals surface area contributed by atoms with Gasteiger partial charge in [0.25, 0.3) is 0 Å². The number of rotatable bonds is 6. The van der Waals surface area contributed by atoms with Crippen LogP contribution in [0.15, 0.2) is 0 Å². The number of amides is 3. The van der Waals surface area contributed by atoms with E-state index >= 15 is 0 Å². The van der Waals surface area contributed by atoms with Crippen molar-refractivity contribution in [3.05, 3.63) is 0 Å². The first kappa shape index (κ1) is 17.2. The molecule has 0 saturated carbocycles. The van der Waals surface area contributed by atoms with Crippen molar-refractivity contribution < 1.29 is 19.5 Å². The third-order valence-electron chi connectivity index (χ3n) is 2.80. The second-order valence-corrected chi connectivity index (χ2v) is 4.91. The Labute approximate surface area is 113 Å². The molecule has 0 radical (unpaired) electrons. The van der Waals surface area contributed by atoms with Gasteiger partial charge in [0.15, 0.2) is 0 Å². The molecule has 0 spiro atoms. The van der Waals surface area contributed by atoms with Crippen LogP contribution in [0.3, 0.4) is 0 Å². The Balaban J connectivity index is 4.49. The van der Waals surface area contributed by atoms with Crippen LogP contribution in [0.5, 0.6) is 0 Å².